The Morgan fingerprint density at radius 2 is 1.59 bits per heavy atom. The standard InChI is InChI=1S/C35H43N5O11/c1-5-30(46)38-23(16-29(36)45)34(49)37-18(3)25(41)10-11-31(47)40(4)32-20-7-9-27(43)22(15-20)21-13-19(6-8-26(21)42)14-24(35(50)51)39-33(48)17(2)12-28(32)44/h6-9,13,15,17-18,23-24,32,42-43H,5,10-12,14,16H2,1-4H3,(H2,36,45)(H,37,49)(H,38,46)(H,39,48)(H,50,51)/t17-,18-,23-,24+,32+/m1/s1. The molecular formula is C35H43N5O11. The third-order valence-electron chi connectivity index (χ3n) is 8.59. The van der Waals surface area contributed by atoms with Gasteiger partial charge < -0.3 is 41.9 Å². The molecule has 2 aromatic carbocycles. The minimum absolute atomic E-state index is 0.0363. The first-order valence-corrected chi connectivity index (χ1v) is 16.3. The van der Waals surface area contributed by atoms with Crippen LogP contribution < -0.4 is 21.7 Å². The highest BCUT2D eigenvalue weighted by atomic mass is 16.4. The summed E-state index contributed by atoms with van der Waals surface area (Å²) in [4.78, 5) is 102. The molecule has 16 heteroatoms. The van der Waals surface area contributed by atoms with Crippen molar-refractivity contribution in [3.63, 3.8) is 0 Å². The number of nitrogens with one attached hydrogen (secondary N) is 3. The van der Waals surface area contributed by atoms with Crippen molar-refractivity contribution in [2.24, 2.45) is 11.7 Å². The molecule has 1 aliphatic rings. The maximum atomic E-state index is 13.9. The van der Waals surface area contributed by atoms with Crippen LogP contribution in [0.1, 0.15) is 70.0 Å². The van der Waals surface area contributed by atoms with E-state index in [1.54, 1.807) is 6.92 Å². The summed E-state index contributed by atoms with van der Waals surface area (Å²) in [7, 11) is 1.32. The Labute approximate surface area is 293 Å². The Bertz CT molecular complexity index is 1730. The Morgan fingerprint density at radius 3 is 2.20 bits per heavy atom. The number of carbonyl (C=O) groups excluding carboxylic acids is 7. The quantitative estimate of drug-likeness (QED) is 0.161. The summed E-state index contributed by atoms with van der Waals surface area (Å²) in [6.07, 6.45) is -1.79. The van der Waals surface area contributed by atoms with Crippen LogP contribution in [0.4, 0.5) is 0 Å². The topological polar surface area (TPSA) is 263 Å². The van der Waals surface area contributed by atoms with Crippen LogP contribution in [0.2, 0.25) is 0 Å². The number of primary amides is 1. The van der Waals surface area contributed by atoms with Crippen molar-refractivity contribution in [1.82, 2.24) is 20.9 Å². The monoisotopic (exact) mass is 709 g/mol. The second kappa shape index (κ2) is 17.2. The average molecular weight is 710 g/mol. The van der Waals surface area contributed by atoms with Gasteiger partial charge in [-0.25, -0.2) is 4.79 Å². The van der Waals surface area contributed by atoms with E-state index in [4.69, 9.17) is 5.73 Å². The number of amides is 5. The number of likely N-dealkylation sites (N-methyl/N-ethyl adjacent to an activating group) is 1. The number of aliphatic carboxylic acids is 1. The maximum absolute atomic E-state index is 13.9. The normalized spacial score (nSPS) is 18.6. The summed E-state index contributed by atoms with van der Waals surface area (Å²) in [5.74, 6) is -7.59. The van der Waals surface area contributed by atoms with Crippen LogP contribution >= 0.6 is 0 Å². The smallest absolute Gasteiger partial charge is 0.326 e. The van der Waals surface area contributed by atoms with Gasteiger partial charge in [0.2, 0.25) is 29.5 Å². The van der Waals surface area contributed by atoms with Gasteiger partial charge in [-0.15, -0.1) is 0 Å². The number of carboxylic acid groups (broad SMARTS) is 1. The zero-order valence-electron chi connectivity index (χ0n) is 28.7. The summed E-state index contributed by atoms with van der Waals surface area (Å²) in [5.41, 5.74) is 6.05. The first-order chi connectivity index (χ1) is 23.9. The highest BCUT2D eigenvalue weighted by Crippen LogP contribution is 2.39. The van der Waals surface area contributed by atoms with Crippen molar-refractivity contribution in [3.05, 3.63) is 47.5 Å². The second-order valence-corrected chi connectivity index (χ2v) is 12.6. The Hall–Kier alpha value is -5.80. The van der Waals surface area contributed by atoms with E-state index in [0.29, 0.717) is 5.56 Å². The number of benzene rings is 2. The molecule has 8 N–H and O–H groups in total. The van der Waals surface area contributed by atoms with Gasteiger partial charge in [-0.2, -0.15) is 0 Å². The summed E-state index contributed by atoms with van der Waals surface area (Å²) >= 11 is 0. The van der Waals surface area contributed by atoms with E-state index in [2.05, 4.69) is 16.0 Å². The minimum atomic E-state index is -1.37. The fraction of sp³-hybridized carbons (Fsp3) is 0.429. The molecule has 2 aromatic rings. The van der Waals surface area contributed by atoms with E-state index in [0.717, 1.165) is 4.90 Å². The second-order valence-electron chi connectivity index (χ2n) is 12.6. The Balaban J connectivity index is 1.89. The van der Waals surface area contributed by atoms with Crippen LogP contribution in [-0.4, -0.2) is 92.5 Å². The van der Waals surface area contributed by atoms with Gasteiger partial charge in [-0.05, 0) is 42.3 Å². The largest absolute Gasteiger partial charge is 0.507 e. The van der Waals surface area contributed by atoms with Crippen molar-refractivity contribution >= 4 is 47.1 Å². The van der Waals surface area contributed by atoms with Crippen molar-refractivity contribution < 1.29 is 53.7 Å². The van der Waals surface area contributed by atoms with Gasteiger partial charge in [0.1, 0.15) is 29.6 Å². The van der Waals surface area contributed by atoms with Crippen molar-refractivity contribution in [3.8, 4) is 22.6 Å². The van der Waals surface area contributed by atoms with Crippen LogP contribution in [0.3, 0.4) is 0 Å². The zero-order valence-corrected chi connectivity index (χ0v) is 28.7. The number of hydrogen-bond donors (Lipinski definition) is 7. The molecule has 5 atom stereocenters. The summed E-state index contributed by atoms with van der Waals surface area (Å²) in [5, 5.41) is 38.5. The molecule has 1 aliphatic heterocycles. The molecular weight excluding hydrogens is 666 g/mol. The lowest BCUT2D eigenvalue weighted by Gasteiger charge is -2.29. The maximum Gasteiger partial charge on any atom is 0.326 e. The molecule has 0 unspecified atom stereocenters. The molecule has 3 rings (SSSR count). The van der Waals surface area contributed by atoms with Crippen LogP contribution in [0.25, 0.3) is 11.1 Å². The fourth-order valence-corrected chi connectivity index (χ4v) is 5.62. The van der Waals surface area contributed by atoms with Gasteiger partial charge in [-0.3, -0.25) is 33.6 Å². The molecule has 16 nitrogen and oxygen atoms in total. The van der Waals surface area contributed by atoms with Gasteiger partial charge in [0, 0.05) is 56.2 Å². The van der Waals surface area contributed by atoms with Crippen molar-refractivity contribution in [1.29, 1.82) is 0 Å². The molecule has 0 radical (unpaired) electrons. The van der Waals surface area contributed by atoms with Gasteiger partial charge in [0.25, 0.3) is 0 Å². The third-order valence-corrected chi connectivity index (χ3v) is 8.59. The molecule has 0 saturated heterocycles. The number of nitrogens with zero attached hydrogens (tertiary/aromatic N) is 1. The van der Waals surface area contributed by atoms with E-state index in [9.17, 15) is 53.7 Å². The van der Waals surface area contributed by atoms with Gasteiger partial charge in [0.15, 0.2) is 11.6 Å². The molecule has 0 fully saturated rings. The number of ketones is 2. The predicted molar refractivity (Wildman–Crippen MR) is 181 cm³/mol. The number of carboxylic acids is 1. The van der Waals surface area contributed by atoms with E-state index in [1.807, 2.05) is 0 Å². The zero-order chi connectivity index (χ0) is 38.2. The number of Topliss-reactive ketones (excluding diaryl/α,β-unsaturated/α-hetero) is 2. The van der Waals surface area contributed by atoms with Crippen LogP contribution in [0.5, 0.6) is 11.5 Å². The minimum Gasteiger partial charge on any atom is -0.507 e. The van der Waals surface area contributed by atoms with Crippen LogP contribution in [0, 0.1) is 5.92 Å². The lowest BCUT2D eigenvalue weighted by Crippen LogP contribution is -2.52. The van der Waals surface area contributed by atoms with Crippen LogP contribution in [0.15, 0.2) is 36.4 Å². The molecule has 51 heavy (non-hydrogen) atoms. The molecule has 0 saturated carbocycles. The van der Waals surface area contributed by atoms with E-state index < -0.39 is 96.4 Å². The lowest BCUT2D eigenvalue weighted by atomic mass is 9.89. The van der Waals surface area contributed by atoms with E-state index in [1.165, 1.54) is 57.3 Å². The number of phenols is 2. The number of nitrogens with two attached hydrogens (primary N) is 1. The predicted octanol–water partition coefficient (Wildman–Crippen LogP) is 0.609. The molecule has 1 heterocycles. The molecule has 5 amide bonds. The SMILES string of the molecule is CCC(=O)N[C@H](CC(N)=O)C(=O)N[C@H](C)C(=O)CCC(=O)N(C)[C@@H]1C(=O)C[C@@H](C)C(=O)N[C@H](C(=O)O)Cc2ccc(O)c(c2)-c2cc1ccc2O. The molecule has 0 spiro atoms. The third kappa shape index (κ3) is 10.4. The number of rotatable bonds is 12. The first-order valence-electron chi connectivity index (χ1n) is 16.3. The number of carbonyl (C=O) groups is 8. The fourth-order valence-electron chi connectivity index (χ4n) is 5.62. The highest BCUT2D eigenvalue weighted by Gasteiger charge is 2.34. The van der Waals surface area contributed by atoms with E-state index in [-0.39, 0.29) is 47.5 Å². The highest BCUT2D eigenvalue weighted by molar-refractivity contribution is 5.97. The Kier molecular flexibility index (Phi) is 13.4. The number of phenolic OH excluding ortho intramolecular Hbond substituents is 2. The van der Waals surface area contributed by atoms with Crippen LogP contribution in [-0.2, 0) is 44.8 Å². The first kappa shape index (κ1) is 39.6. The van der Waals surface area contributed by atoms with Gasteiger partial charge in [-0.1, -0.05) is 26.0 Å². The molecule has 0 aliphatic carbocycles. The number of aromatic hydroxyl groups is 2. The molecule has 4 bridgehead atoms. The number of fused-ring (bicyclic) bond motifs is 5. The molecule has 0 aromatic heterocycles. The van der Waals surface area contributed by atoms with Gasteiger partial charge in [0.05, 0.1) is 12.5 Å². The molecule has 274 valence electrons. The average Bonchev–Trinajstić information content (AvgIpc) is 3.06. The Morgan fingerprint density at radius 1 is 0.961 bits per heavy atom. The van der Waals surface area contributed by atoms with Gasteiger partial charge >= 0.3 is 5.97 Å². The van der Waals surface area contributed by atoms with Crippen molar-refractivity contribution in [2.75, 3.05) is 7.05 Å². The number of hydrogen-bond acceptors (Lipinski definition) is 10. The summed E-state index contributed by atoms with van der Waals surface area (Å²) in [6, 6.07) is 3.20. The summed E-state index contributed by atoms with van der Waals surface area (Å²) < 4.78 is 0. The summed E-state index contributed by atoms with van der Waals surface area (Å²) in [6.45, 7) is 4.35. The van der Waals surface area contributed by atoms with Crippen molar-refractivity contribution in [2.45, 2.75) is 83.5 Å². The van der Waals surface area contributed by atoms with E-state index >= 15 is 0 Å². The lowest BCUT2D eigenvalue weighted by molar-refractivity contribution is -0.143.